The number of nitrogens with one attached hydrogen (secondary N) is 1. The number of hydrogen-bond acceptors (Lipinski definition) is 4. The van der Waals surface area contributed by atoms with Crippen molar-refractivity contribution in [3.8, 4) is 0 Å². The molecule has 2 rings (SSSR count). The smallest absolute Gasteiger partial charge is 0.304 e. The number of carbonyl (C=O) groups excluding carboxylic acids is 1. The molecule has 2 heterocycles. The van der Waals surface area contributed by atoms with E-state index in [2.05, 4.69) is 15.3 Å². The first-order valence-electron chi connectivity index (χ1n) is 5.23. The third kappa shape index (κ3) is 3.26. The normalized spacial score (nSPS) is 11.4. The molecule has 0 saturated carbocycles. The highest BCUT2D eigenvalue weighted by molar-refractivity contribution is 7.09. The minimum Gasteiger partial charge on any atom is -0.304 e. The monoisotopic (exact) mass is 321 g/mol. The number of pyridine rings is 1. The Morgan fingerprint density at radius 2 is 2.15 bits per heavy atom. The van der Waals surface area contributed by atoms with Crippen LogP contribution in [0.15, 0.2) is 17.6 Å². The van der Waals surface area contributed by atoms with Crippen LogP contribution in [0, 0.1) is 6.92 Å². The van der Waals surface area contributed by atoms with E-state index in [0.29, 0.717) is 17.3 Å². The molecule has 0 radical (unpaired) electrons. The fraction of sp³-hybridized carbons (Fsp3) is 0.182. The van der Waals surface area contributed by atoms with Crippen molar-refractivity contribution in [2.45, 2.75) is 13.1 Å². The summed E-state index contributed by atoms with van der Waals surface area (Å²) in [6, 6.07) is 0.705. The average molecular weight is 322 g/mol. The molecule has 2 aromatic heterocycles. The third-order valence-electron chi connectivity index (χ3n) is 2.25. The van der Waals surface area contributed by atoms with Crippen LogP contribution in [0.4, 0.5) is 19.0 Å². The Balaban J connectivity index is 2.20. The van der Waals surface area contributed by atoms with Crippen LogP contribution in [0.1, 0.15) is 21.1 Å². The Bertz CT molecular complexity index is 657. The molecule has 0 aromatic carbocycles. The van der Waals surface area contributed by atoms with Crippen LogP contribution in [-0.4, -0.2) is 15.9 Å². The van der Waals surface area contributed by atoms with Gasteiger partial charge in [-0.2, -0.15) is 13.2 Å². The number of nitrogens with zero attached hydrogens (tertiary/aromatic N) is 2. The lowest BCUT2D eigenvalue weighted by molar-refractivity contribution is -0.137. The maximum Gasteiger partial charge on any atom is 0.417 e. The van der Waals surface area contributed by atoms with Gasteiger partial charge in [0.05, 0.1) is 15.6 Å². The van der Waals surface area contributed by atoms with E-state index in [0.717, 1.165) is 0 Å². The molecule has 1 amide bonds. The minimum absolute atomic E-state index is 0.143. The Hall–Kier alpha value is -1.67. The number of hydrogen-bond donors (Lipinski definition) is 1. The highest BCUT2D eigenvalue weighted by atomic mass is 35.5. The fourth-order valence-electron chi connectivity index (χ4n) is 1.32. The second kappa shape index (κ2) is 5.37. The Kier molecular flexibility index (Phi) is 3.96. The van der Waals surface area contributed by atoms with E-state index in [1.54, 1.807) is 6.92 Å². The largest absolute Gasteiger partial charge is 0.417 e. The maximum atomic E-state index is 12.4. The fourth-order valence-corrected chi connectivity index (χ4v) is 2.13. The van der Waals surface area contributed by atoms with Crippen molar-refractivity contribution in [3.05, 3.63) is 38.9 Å². The molecule has 0 fully saturated rings. The highest BCUT2D eigenvalue weighted by Gasteiger charge is 2.31. The summed E-state index contributed by atoms with van der Waals surface area (Å²) >= 11 is 6.96. The Morgan fingerprint density at radius 3 is 2.65 bits per heavy atom. The first-order chi connectivity index (χ1) is 9.27. The van der Waals surface area contributed by atoms with Crippen molar-refractivity contribution < 1.29 is 18.0 Å². The Labute approximate surface area is 120 Å². The van der Waals surface area contributed by atoms with E-state index >= 15 is 0 Å². The molecule has 0 unspecified atom stereocenters. The molecule has 20 heavy (non-hydrogen) atoms. The van der Waals surface area contributed by atoms with Crippen LogP contribution in [0.5, 0.6) is 0 Å². The molecule has 4 nitrogen and oxygen atoms in total. The van der Waals surface area contributed by atoms with E-state index in [9.17, 15) is 18.0 Å². The molecule has 0 atom stereocenters. The zero-order chi connectivity index (χ0) is 14.9. The van der Waals surface area contributed by atoms with Gasteiger partial charge in [-0.1, -0.05) is 11.6 Å². The molecule has 0 aliphatic heterocycles. The zero-order valence-electron chi connectivity index (χ0n) is 9.95. The van der Waals surface area contributed by atoms with Crippen molar-refractivity contribution in [2.75, 3.05) is 5.32 Å². The van der Waals surface area contributed by atoms with Crippen LogP contribution >= 0.6 is 22.9 Å². The number of aromatic nitrogens is 2. The van der Waals surface area contributed by atoms with Gasteiger partial charge in [-0.25, -0.2) is 9.97 Å². The number of thiazole rings is 1. The topological polar surface area (TPSA) is 54.9 Å². The summed E-state index contributed by atoms with van der Waals surface area (Å²) in [5.41, 5.74) is -0.824. The van der Waals surface area contributed by atoms with Crippen LogP contribution in [-0.2, 0) is 6.18 Å². The standard InChI is InChI=1S/C11H7ClF3N3OS/c1-5-17-8(4-20-5)10(19)18-9-7(12)2-6(3-16-9)11(13,14)15/h2-4H,1H3,(H,16,18,19). The van der Waals surface area contributed by atoms with E-state index in [1.807, 2.05) is 0 Å². The van der Waals surface area contributed by atoms with Crippen LogP contribution in [0.2, 0.25) is 5.02 Å². The van der Waals surface area contributed by atoms with Gasteiger partial charge in [0.15, 0.2) is 5.82 Å². The summed E-state index contributed by atoms with van der Waals surface area (Å²) in [7, 11) is 0. The van der Waals surface area contributed by atoms with Crippen molar-refractivity contribution >= 4 is 34.7 Å². The number of amides is 1. The van der Waals surface area contributed by atoms with Crippen molar-refractivity contribution in [3.63, 3.8) is 0 Å². The van der Waals surface area contributed by atoms with Crippen molar-refractivity contribution in [2.24, 2.45) is 0 Å². The first-order valence-corrected chi connectivity index (χ1v) is 6.49. The summed E-state index contributed by atoms with van der Waals surface area (Å²) in [5, 5.41) is 4.25. The lowest BCUT2D eigenvalue weighted by Gasteiger charge is -2.09. The molecule has 0 spiro atoms. The van der Waals surface area contributed by atoms with Crippen LogP contribution < -0.4 is 5.32 Å². The van der Waals surface area contributed by atoms with Gasteiger partial charge in [-0.15, -0.1) is 11.3 Å². The molecule has 0 saturated heterocycles. The predicted molar refractivity (Wildman–Crippen MR) is 69.1 cm³/mol. The Morgan fingerprint density at radius 1 is 1.45 bits per heavy atom. The molecule has 0 aliphatic carbocycles. The van der Waals surface area contributed by atoms with Gasteiger partial charge >= 0.3 is 6.18 Å². The average Bonchev–Trinajstić information content (AvgIpc) is 2.77. The van der Waals surface area contributed by atoms with Crippen LogP contribution in [0.25, 0.3) is 0 Å². The SMILES string of the molecule is Cc1nc(C(=O)Nc2ncc(C(F)(F)F)cc2Cl)cs1. The number of carbonyl (C=O) groups is 1. The minimum atomic E-state index is -4.54. The molecule has 0 aliphatic rings. The van der Waals surface area contributed by atoms with E-state index in [1.165, 1.54) is 16.7 Å². The zero-order valence-corrected chi connectivity index (χ0v) is 11.5. The number of halogens is 4. The lowest BCUT2D eigenvalue weighted by Crippen LogP contribution is -2.14. The van der Waals surface area contributed by atoms with E-state index < -0.39 is 17.6 Å². The molecule has 1 N–H and O–H groups in total. The van der Waals surface area contributed by atoms with Gasteiger partial charge in [0, 0.05) is 11.6 Å². The maximum absolute atomic E-state index is 12.4. The van der Waals surface area contributed by atoms with Gasteiger partial charge in [-0.05, 0) is 13.0 Å². The number of aryl methyl sites for hydroxylation is 1. The quantitative estimate of drug-likeness (QED) is 0.916. The van der Waals surface area contributed by atoms with E-state index in [4.69, 9.17) is 11.6 Å². The molecule has 9 heteroatoms. The summed E-state index contributed by atoms with van der Waals surface area (Å²) in [4.78, 5) is 19.2. The molecular formula is C11H7ClF3N3OS. The lowest BCUT2D eigenvalue weighted by atomic mass is 10.2. The summed E-state index contributed by atoms with van der Waals surface area (Å²) in [5.74, 6) is -0.723. The first kappa shape index (κ1) is 14.7. The van der Waals surface area contributed by atoms with Gasteiger partial charge in [-0.3, -0.25) is 4.79 Å². The summed E-state index contributed by atoms with van der Waals surface area (Å²) < 4.78 is 37.3. The van der Waals surface area contributed by atoms with Gasteiger partial charge in [0.25, 0.3) is 5.91 Å². The number of alkyl halides is 3. The van der Waals surface area contributed by atoms with Crippen molar-refractivity contribution in [1.29, 1.82) is 0 Å². The number of rotatable bonds is 2. The second-order valence-corrected chi connectivity index (χ2v) is 5.23. The third-order valence-corrected chi connectivity index (χ3v) is 3.31. The molecule has 0 bridgehead atoms. The summed E-state index contributed by atoms with van der Waals surface area (Å²) in [6.45, 7) is 1.73. The summed E-state index contributed by atoms with van der Waals surface area (Å²) in [6.07, 6.45) is -3.93. The highest BCUT2D eigenvalue weighted by Crippen LogP contribution is 2.32. The van der Waals surface area contributed by atoms with E-state index in [-0.39, 0.29) is 16.5 Å². The van der Waals surface area contributed by atoms with Crippen molar-refractivity contribution in [1.82, 2.24) is 9.97 Å². The van der Waals surface area contributed by atoms with Gasteiger partial charge in [0.1, 0.15) is 5.69 Å². The van der Waals surface area contributed by atoms with Gasteiger partial charge < -0.3 is 5.32 Å². The predicted octanol–water partition coefficient (Wildman–Crippen LogP) is 3.77. The molecule has 2 aromatic rings. The second-order valence-electron chi connectivity index (χ2n) is 3.76. The van der Waals surface area contributed by atoms with Crippen LogP contribution in [0.3, 0.4) is 0 Å². The molecular weight excluding hydrogens is 315 g/mol. The van der Waals surface area contributed by atoms with Gasteiger partial charge in [0.2, 0.25) is 0 Å². The molecule has 106 valence electrons. The number of anilines is 1.